The lowest BCUT2D eigenvalue weighted by Gasteiger charge is -2.14. The minimum absolute atomic E-state index is 0.205. The molecule has 0 atom stereocenters. The Hall–Kier alpha value is -4.11. The molecule has 1 heterocycles. The fourth-order valence-electron chi connectivity index (χ4n) is 3.58. The average molecular weight is 521 g/mol. The van der Waals surface area contributed by atoms with Gasteiger partial charge in [0, 0.05) is 5.69 Å². The first-order valence-electron chi connectivity index (χ1n) is 11.6. The molecule has 1 aliphatic rings. The molecule has 3 aromatic rings. The van der Waals surface area contributed by atoms with E-state index in [2.05, 4.69) is 5.32 Å². The van der Waals surface area contributed by atoms with E-state index >= 15 is 0 Å². The third-order valence-corrected chi connectivity index (χ3v) is 6.37. The molecule has 0 spiro atoms. The van der Waals surface area contributed by atoms with Crippen LogP contribution in [-0.2, 0) is 16.2 Å². The van der Waals surface area contributed by atoms with E-state index in [1.807, 2.05) is 26.0 Å². The summed E-state index contributed by atoms with van der Waals surface area (Å²) in [5.41, 5.74) is 2.93. The van der Waals surface area contributed by atoms with E-state index in [1.165, 1.54) is 12.1 Å². The third kappa shape index (κ3) is 6.56. The third-order valence-electron chi connectivity index (χ3n) is 5.47. The molecule has 1 aliphatic heterocycles. The Morgan fingerprint density at radius 2 is 1.78 bits per heavy atom. The molecule has 0 radical (unpaired) electrons. The van der Waals surface area contributed by atoms with Crippen molar-refractivity contribution in [3.05, 3.63) is 94.1 Å². The molecular formula is C28H25FN2O5S. The van der Waals surface area contributed by atoms with Gasteiger partial charge in [-0.15, -0.1) is 0 Å². The van der Waals surface area contributed by atoms with Crippen molar-refractivity contribution in [2.45, 2.75) is 20.5 Å². The number of benzene rings is 3. The topological polar surface area (TPSA) is 84.9 Å². The quantitative estimate of drug-likeness (QED) is 0.360. The van der Waals surface area contributed by atoms with Crippen molar-refractivity contribution in [2.24, 2.45) is 0 Å². The van der Waals surface area contributed by atoms with E-state index in [9.17, 15) is 18.8 Å². The number of nitrogens with one attached hydrogen (secondary N) is 1. The lowest BCUT2D eigenvalue weighted by molar-refractivity contribution is -0.127. The van der Waals surface area contributed by atoms with Gasteiger partial charge in [0.05, 0.1) is 11.5 Å². The van der Waals surface area contributed by atoms with Gasteiger partial charge < -0.3 is 14.8 Å². The second-order valence-corrected chi connectivity index (χ2v) is 9.18. The maximum atomic E-state index is 13.1. The predicted octanol–water partition coefficient (Wildman–Crippen LogP) is 5.79. The number of carbonyl (C=O) groups is 3. The number of hydrogen-bond acceptors (Lipinski definition) is 6. The number of rotatable bonds is 9. The maximum Gasteiger partial charge on any atom is 0.294 e. The van der Waals surface area contributed by atoms with Crippen molar-refractivity contribution in [2.75, 3.05) is 18.5 Å². The highest BCUT2D eigenvalue weighted by atomic mass is 32.2. The van der Waals surface area contributed by atoms with Gasteiger partial charge in [0.1, 0.15) is 19.0 Å². The molecule has 190 valence electrons. The normalized spacial score (nSPS) is 14.2. The van der Waals surface area contributed by atoms with Gasteiger partial charge in [-0.05, 0) is 78.7 Å². The largest absolute Gasteiger partial charge is 0.490 e. The van der Waals surface area contributed by atoms with Gasteiger partial charge in [-0.2, -0.15) is 0 Å². The molecule has 0 aromatic heterocycles. The Balaban J connectivity index is 1.45. The Labute approximate surface area is 218 Å². The van der Waals surface area contributed by atoms with E-state index in [1.54, 1.807) is 48.5 Å². The number of thioether (sulfide) groups is 1. The zero-order valence-corrected chi connectivity index (χ0v) is 21.1. The first-order chi connectivity index (χ1) is 17.8. The van der Waals surface area contributed by atoms with Crippen LogP contribution in [-0.4, -0.2) is 35.1 Å². The van der Waals surface area contributed by atoms with Crippen LogP contribution in [0, 0.1) is 12.7 Å². The Morgan fingerprint density at radius 3 is 2.51 bits per heavy atom. The fourth-order valence-corrected chi connectivity index (χ4v) is 4.42. The van der Waals surface area contributed by atoms with Crippen LogP contribution in [0.2, 0.25) is 0 Å². The highest BCUT2D eigenvalue weighted by Gasteiger charge is 2.36. The molecule has 3 amide bonds. The van der Waals surface area contributed by atoms with Gasteiger partial charge in [-0.3, -0.25) is 19.3 Å². The first-order valence-corrected chi connectivity index (χ1v) is 12.4. The Morgan fingerprint density at radius 1 is 1.03 bits per heavy atom. The lowest BCUT2D eigenvalue weighted by atomic mass is 10.1. The second-order valence-electron chi connectivity index (χ2n) is 8.19. The zero-order chi connectivity index (χ0) is 26.4. The summed E-state index contributed by atoms with van der Waals surface area (Å²) in [6.07, 6.45) is 1.58. The Bertz CT molecular complexity index is 1360. The Kier molecular flexibility index (Phi) is 8.25. The molecule has 4 rings (SSSR count). The highest BCUT2D eigenvalue weighted by Crippen LogP contribution is 2.35. The SMILES string of the molecule is CCOc1cc(/C=C2\SC(=O)N(CC(=O)Nc3ccccc3C)C2=O)ccc1OCc1ccc(F)cc1. The molecule has 0 unspecified atom stereocenters. The zero-order valence-electron chi connectivity index (χ0n) is 20.3. The highest BCUT2D eigenvalue weighted by molar-refractivity contribution is 8.18. The number of amides is 3. The summed E-state index contributed by atoms with van der Waals surface area (Å²) in [5.74, 6) is -0.359. The van der Waals surface area contributed by atoms with Gasteiger partial charge in [-0.25, -0.2) is 4.39 Å². The molecule has 0 bridgehead atoms. The van der Waals surface area contributed by atoms with Gasteiger partial charge in [0.25, 0.3) is 11.1 Å². The predicted molar refractivity (Wildman–Crippen MR) is 141 cm³/mol. The van der Waals surface area contributed by atoms with Crippen LogP contribution < -0.4 is 14.8 Å². The monoisotopic (exact) mass is 520 g/mol. The van der Waals surface area contributed by atoms with E-state index in [4.69, 9.17) is 9.47 Å². The van der Waals surface area contributed by atoms with Crippen molar-refractivity contribution in [3.63, 3.8) is 0 Å². The van der Waals surface area contributed by atoms with Gasteiger partial charge in [-0.1, -0.05) is 36.4 Å². The number of ether oxygens (including phenoxy) is 2. The molecule has 37 heavy (non-hydrogen) atoms. The molecule has 9 heteroatoms. The second kappa shape index (κ2) is 11.7. The standard InChI is InChI=1S/C28H25FN2O5S/c1-3-35-24-14-20(10-13-23(24)36-17-19-8-11-21(29)12-9-19)15-25-27(33)31(28(34)37-25)16-26(32)30-22-7-5-4-6-18(22)2/h4-15H,3,16-17H2,1-2H3,(H,30,32)/b25-15-. The molecule has 1 saturated heterocycles. The summed E-state index contributed by atoms with van der Waals surface area (Å²) >= 11 is 0.776. The fraction of sp³-hybridized carbons (Fsp3) is 0.179. The number of nitrogens with zero attached hydrogens (tertiary/aromatic N) is 1. The van der Waals surface area contributed by atoms with Crippen LogP contribution >= 0.6 is 11.8 Å². The van der Waals surface area contributed by atoms with E-state index in [-0.39, 0.29) is 23.9 Å². The van der Waals surface area contributed by atoms with Crippen LogP contribution in [0.1, 0.15) is 23.6 Å². The summed E-state index contributed by atoms with van der Waals surface area (Å²) in [4.78, 5) is 39.0. The van der Waals surface area contributed by atoms with Crippen LogP contribution in [0.5, 0.6) is 11.5 Å². The maximum absolute atomic E-state index is 13.1. The molecule has 1 fully saturated rings. The van der Waals surface area contributed by atoms with Crippen molar-refractivity contribution in [3.8, 4) is 11.5 Å². The van der Waals surface area contributed by atoms with Crippen LogP contribution in [0.25, 0.3) is 6.08 Å². The average Bonchev–Trinajstić information content (AvgIpc) is 3.13. The molecular weight excluding hydrogens is 495 g/mol. The van der Waals surface area contributed by atoms with Crippen LogP contribution in [0.4, 0.5) is 14.9 Å². The van der Waals surface area contributed by atoms with Crippen molar-refractivity contribution in [1.29, 1.82) is 0 Å². The number of halogens is 1. The number of anilines is 1. The van der Waals surface area contributed by atoms with Crippen molar-refractivity contribution < 1.29 is 28.2 Å². The molecule has 0 saturated carbocycles. The molecule has 7 nitrogen and oxygen atoms in total. The van der Waals surface area contributed by atoms with Crippen molar-refractivity contribution in [1.82, 2.24) is 4.90 Å². The number of aryl methyl sites for hydroxylation is 1. The number of para-hydroxylation sites is 1. The summed E-state index contributed by atoms with van der Waals surface area (Å²) in [7, 11) is 0. The number of imide groups is 1. The van der Waals surface area contributed by atoms with Gasteiger partial charge in [0.2, 0.25) is 5.91 Å². The number of hydrogen-bond donors (Lipinski definition) is 1. The molecule has 3 aromatic carbocycles. The minimum atomic E-state index is -0.537. The smallest absolute Gasteiger partial charge is 0.294 e. The summed E-state index contributed by atoms with van der Waals surface area (Å²) < 4.78 is 24.7. The van der Waals surface area contributed by atoms with Crippen molar-refractivity contribution >= 4 is 40.6 Å². The van der Waals surface area contributed by atoms with Gasteiger partial charge in [0.15, 0.2) is 11.5 Å². The van der Waals surface area contributed by atoms with Gasteiger partial charge >= 0.3 is 0 Å². The molecule has 1 N–H and O–H groups in total. The van der Waals surface area contributed by atoms with Crippen LogP contribution in [0.3, 0.4) is 0 Å². The summed E-state index contributed by atoms with van der Waals surface area (Å²) in [5, 5.41) is 2.22. The first kappa shape index (κ1) is 26.0. The molecule has 0 aliphatic carbocycles. The van der Waals surface area contributed by atoms with E-state index in [0.717, 1.165) is 27.8 Å². The summed E-state index contributed by atoms with van der Waals surface area (Å²) in [6.45, 7) is 3.93. The number of carbonyl (C=O) groups excluding carboxylic acids is 3. The lowest BCUT2D eigenvalue weighted by Crippen LogP contribution is -2.36. The van der Waals surface area contributed by atoms with Crippen LogP contribution in [0.15, 0.2) is 71.6 Å². The minimum Gasteiger partial charge on any atom is -0.490 e. The van der Waals surface area contributed by atoms with E-state index < -0.39 is 17.1 Å². The van der Waals surface area contributed by atoms with E-state index in [0.29, 0.717) is 29.4 Å². The summed E-state index contributed by atoms with van der Waals surface area (Å²) in [6, 6.07) is 18.4.